The monoisotopic (exact) mass is 446 g/mol. The van der Waals surface area contributed by atoms with Crippen LogP contribution in [-0.2, 0) is 24.4 Å². The standard InChI is InChI=1S/C20H38O7S.Na.H/c1-5-9-11-16(7-3)13-20(14-18(21)22,28(24,25)26)19(23)27-15-17(8-4)12-10-6-2;;/h16-17H,5-15H2,1-4H3,(H,21,22)(H,24,25,26);;. The van der Waals surface area contributed by atoms with Gasteiger partial charge >= 0.3 is 41.5 Å². The zero-order chi connectivity index (χ0) is 21.8. The van der Waals surface area contributed by atoms with Gasteiger partial charge in [-0.05, 0) is 24.7 Å². The van der Waals surface area contributed by atoms with Crippen LogP contribution in [0, 0.1) is 11.8 Å². The van der Waals surface area contributed by atoms with Gasteiger partial charge in [0.05, 0.1) is 13.0 Å². The molecule has 2 N–H and O–H groups in total. The number of ether oxygens (including phenoxy) is 1. The Labute approximate surface area is 198 Å². The fourth-order valence-electron chi connectivity index (χ4n) is 3.41. The Balaban J connectivity index is 0. The second kappa shape index (κ2) is 15.6. The summed E-state index contributed by atoms with van der Waals surface area (Å²) in [5.41, 5.74) is 0. The van der Waals surface area contributed by atoms with Crippen molar-refractivity contribution in [2.45, 2.75) is 96.7 Å². The SMILES string of the molecule is CCCCC(CC)COC(=O)C(CC(=O)O)(CC(CC)CCCC)S(=O)(=O)O.[NaH]. The van der Waals surface area contributed by atoms with Gasteiger partial charge in [-0.1, -0.05) is 72.6 Å². The number of esters is 1. The molecule has 0 bridgehead atoms. The van der Waals surface area contributed by atoms with Crippen molar-refractivity contribution < 1.29 is 32.4 Å². The van der Waals surface area contributed by atoms with Crippen LogP contribution in [0.3, 0.4) is 0 Å². The maximum absolute atomic E-state index is 12.8. The second-order valence-electron chi connectivity index (χ2n) is 7.68. The van der Waals surface area contributed by atoms with E-state index in [1.54, 1.807) is 0 Å². The molecular weight excluding hydrogens is 407 g/mol. The van der Waals surface area contributed by atoms with Gasteiger partial charge in [0.2, 0.25) is 4.75 Å². The number of carboxylic acids is 1. The van der Waals surface area contributed by atoms with Gasteiger partial charge < -0.3 is 9.84 Å². The van der Waals surface area contributed by atoms with Crippen LogP contribution in [0.15, 0.2) is 0 Å². The van der Waals surface area contributed by atoms with Gasteiger partial charge in [-0.3, -0.25) is 14.1 Å². The van der Waals surface area contributed by atoms with E-state index in [1.165, 1.54) is 0 Å². The molecule has 0 aromatic heterocycles. The van der Waals surface area contributed by atoms with Crippen molar-refractivity contribution in [2.24, 2.45) is 11.8 Å². The van der Waals surface area contributed by atoms with E-state index >= 15 is 0 Å². The van der Waals surface area contributed by atoms with Gasteiger partial charge in [-0.15, -0.1) is 0 Å². The number of hydrogen-bond acceptors (Lipinski definition) is 5. The number of unbranched alkanes of at least 4 members (excludes halogenated alkanes) is 2. The van der Waals surface area contributed by atoms with Gasteiger partial charge in [0.1, 0.15) is 0 Å². The summed E-state index contributed by atoms with van der Waals surface area (Å²) in [6, 6.07) is 0. The minimum absolute atomic E-state index is 0. The summed E-state index contributed by atoms with van der Waals surface area (Å²) in [5, 5.41) is 9.28. The molecule has 0 saturated carbocycles. The molecule has 168 valence electrons. The van der Waals surface area contributed by atoms with Crippen molar-refractivity contribution in [1.29, 1.82) is 0 Å². The molecule has 0 heterocycles. The minimum atomic E-state index is -4.98. The fourth-order valence-corrected chi connectivity index (χ4v) is 4.43. The van der Waals surface area contributed by atoms with Crippen molar-refractivity contribution in [3.05, 3.63) is 0 Å². The zero-order valence-electron chi connectivity index (χ0n) is 17.8. The van der Waals surface area contributed by atoms with E-state index in [2.05, 4.69) is 6.92 Å². The van der Waals surface area contributed by atoms with Crippen LogP contribution in [0.4, 0.5) is 0 Å². The number of hydrogen-bond donors (Lipinski definition) is 2. The van der Waals surface area contributed by atoms with Gasteiger partial charge in [0.15, 0.2) is 0 Å². The van der Waals surface area contributed by atoms with Crippen molar-refractivity contribution in [1.82, 2.24) is 0 Å². The van der Waals surface area contributed by atoms with Gasteiger partial charge in [-0.2, -0.15) is 8.42 Å². The Kier molecular flexibility index (Phi) is 16.7. The normalized spacial score (nSPS) is 15.6. The van der Waals surface area contributed by atoms with E-state index in [4.69, 9.17) is 4.74 Å². The first-order chi connectivity index (χ1) is 13.1. The summed E-state index contributed by atoms with van der Waals surface area (Å²) in [4.78, 5) is 24.2. The molecule has 0 aromatic rings. The topological polar surface area (TPSA) is 118 Å². The third-order valence-corrected chi connectivity index (χ3v) is 6.92. The van der Waals surface area contributed by atoms with Crippen molar-refractivity contribution in [2.75, 3.05) is 6.61 Å². The van der Waals surface area contributed by atoms with Gasteiger partial charge in [0, 0.05) is 0 Å². The predicted molar refractivity (Wildman–Crippen MR) is 116 cm³/mol. The molecule has 0 radical (unpaired) electrons. The number of carbonyl (C=O) groups is 2. The summed E-state index contributed by atoms with van der Waals surface area (Å²) < 4.78 is 37.2. The molecule has 29 heavy (non-hydrogen) atoms. The third-order valence-electron chi connectivity index (χ3n) is 5.46. The van der Waals surface area contributed by atoms with Crippen molar-refractivity contribution >= 4 is 51.6 Å². The van der Waals surface area contributed by atoms with E-state index in [-0.39, 0.29) is 54.4 Å². The Bertz CT molecular complexity index is 579. The molecule has 7 nitrogen and oxygen atoms in total. The molecule has 0 aliphatic rings. The van der Waals surface area contributed by atoms with Crippen LogP contribution in [0.1, 0.15) is 91.9 Å². The quantitative estimate of drug-likeness (QED) is 0.210. The maximum atomic E-state index is 12.8. The summed E-state index contributed by atoms with van der Waals surface area (Å²) in [5.74, 6) is -2.73. The van der Waals surface area contributed by atoms with Gasteiger partial charge in [0.25, 0.3) is 10.1 Å². The summed E-state index contributed by atoms with van der Waals surface area (Å²) in [6.07, 6.45) is 5.27. The molecule has 0 saturated heterocycles. The van der Waals surface area contributed by atoms with E-state index in [0.29, 0.717) is 12.8 Å². The Hall–Kier alpha value is -0.150. The number of carboxylic acid groups (broad SMARTS) is 1. The average Bonchev–Trinajstić information content (AvgIpc) is 2.62. The third kappa shape index (κ3) is 10.6. The average molecular weight is 447 g/mol. The molecule has 0 aliphatic heterocycles. The molecule has 0 spiro atoms. The first-order valence-electron chi connectivity index (χ1n) is 10.4. The second-order valence-corrected chi connectivity index (χ2v) is 9.41. The van der Waals surface area contributed by atoms with Crippen LogP contribution >= 0.6 is 0 Å². The summed E-state index contributed by atoms with van der Waals surface area (Å²) in [7, 11) is -4.98. The van der Waals surface area contributed by atoms with Crippen LogP contribution in [0.25, 0.3) is 0 Å². The summed E-state index contributed by atoms with van der Waals surface area (Å²) >= 11 is 0. The number of carbonyl (C=O) groups excluding carboxylic acids is 1. The fraction of sp³-hybridized carbons (Fsp3) is 0.900. The summed E-state index contributed by atoms with van der Waals surface area (Å²) in [6.45, 7) is 7.89. The molecular formula is C20H39NaO7S. The van der Waals surface area contributed by atoms with Crippen LogP contribution in [0.2, 0.25) is 0 Å². The van der Waals surface area contributed by atoms with Crippen molar-refractivity contribution in [3.8, 4) is 0 Å². The molecule has 0 rings (SSSR count). The van der Waals surface area contributed by atoms with Crippen molar-refractivity contribution in [3.63, 3.8) is 0 Å². The Morgan fingerprint density at radius 3 is 1.83 bits per heavy atom. The Morgan fingerprint density at radius 1 is 0.966 bits per heavy atom. The molecule has 0 aliphatic carbocycles. The first-order valence-corrected chi connectivity index (χ1v) is 11.9. The van der Waals surface area contributed by atoms with E-state index < -0.39 is 33.2 Å². The molecule has 0 amide bonds. The molecule has 0 fully saturated rings. The zero-order valence-corrected chi connectivity index (χ0v) is 18.6. The van der Waals surface area contributed by atoms with Crippen LogP contribution in [-0.4, -0.2) is 70.9 Å². The van der Waals surface area contributed by atoms with E-state index in [0.717, 1.165) is 38.5 Å². The number of aliphatic carboxylic acids is 1. The van der Waals surface area contributed by atoms with Crippen LogP contribution < -0.4 is 0 Å². The Morgan fingerprint density at radius 2 is 1.45 bits per heavy atom. The number of rotatable bonds is 16. The van der Waals surface area contributed by atoms with E-state index in [9.17, 15) is 27.7 Å². The van der Waals surface area contributed by atoms with Gasteiger partial charge in [-0.25, -0.2) is 0 Å². The first kappa shape index (κ1) is 31.0. The van der Waals surface area contributed by atoms with E-state index in [1.807, 2.05) is 20.8 Å². The molecule has 3 unspecified atom stereocenters. The predicted octanol–water partition coefficient (Wildman–Crippen LogP) is 3.81. The molecule has 3 atom stereocenters. The molecule has 0 aromatic carbocycles. The van der Waals surface area contributed by atoms with Crippen LogP contribution in [0.5, 0.6) is 0 Å². The molecule has 9 heteroatoms.